The molecule has 2 nitrogen and oxygen atoms in total. The molecule has 4 heteroatoms. The van der Waals surface area contributed by atoms with Gasteiger partial charge in [-0.2, -0.15) is 0 Å². The molecule has 1 aliphatic rings. The second-order valence-electron chi connectivity index (χ2n) is 4.35. The van der Waals surface area contributed by atoms with Gasteiger partial charge in [-0.3, -0.25) is 0 Å². The molecule has 0 saturated heterocycles. The number of rotatable bonds is 3. The molecular weight excluding hydrogens is 212 g/mol. The first kappa shape index (κ1) is 11.5. The first-order valence-corrected chi connectivity index (χ1v) is 5.46. The molecule has 2 N–H and O–H groups in total. The van der Waals surface area contributed by atoms with E-state index in [1.165, 1.54) is 6.07 Å². The number of hydrogen-bond donors (Lipinski definition) is 2. The number of aliphatic hydroxyl groups excluding tert-OH is 1. The average molecular weight is 227 g/mol. The molecule has 0 bridgehead atoms. The standard InChI is InChI=1S/C12H15F2NO/c1-7(15-8-5-9(16)6-8)10-3-2-4-11(13)12(10)14/h2-4,7-9,15-16H,5-6H2,1H3. The number of halogens is 2. The zero-order chi connectivity index (χ0) is 11.7. The van der Waals surface area contributed by atoms with Crippen LogP contribution in [-0.4, -0.2) is 17.3 Å². The van der Waals surface area contributed by atoms with Crippen LogP contribution in [-0.2, 0) is 0 Å². The molecule has 1 saturated carbocycles. The van der Waals surface area contributed by atoms with Gasteiger partial charge in [0.05, 0.1) is 6.10 Å². The first-order valence-electron chi connectivity index (χ1n) is 5.46. The van der Waals surface area contributed by atoms with Crippen LogP contribution in [0.5, 0.6) is 0 Å². The molecule has 0 aromatic heterocycles. The normalized spacial score (nSPS) is 26.2. The Kier molecular flexibility index (Phi) is 3.21. The van der Waals surface area contributed by atoms with Crippen molar-refractivity contribution in [3.05, 3.63) is 35.4 Å². The maximum Gasteiger partial charge on any atom is 0.163 e. The summed E-state index contributed by atoms with van der Waals surface area (Å²) in [6, 6.07) is 4.15. The van der Waals surface area contributed by atoms with Gasteiger partial charge >= 0.3 is 0 Å². The minimum Gasteiger partial charge on any atom is -0.393 e. The molecule has 0 aliphatic heterocycles. The van der Waals surface area contributed by atoms with Crippen molar-refractivity contribution in [2.75, 3.05) is 0 Å². The first-order chi connectivity index (χ1) is 7.58. The van der Waals surface area contributed by atoms with E-state index in [1.807, 2.05) is 0 Å². The molecule has 88 valence electrons. The van der Waals surface area contributed by atoms with Crippen molar-refractivity contribution in [3.63, 3.8) is 0 Å². The SMILES string of the molecule is CC(NC1CC(O)C1)c1cccc(F)c1F. The largest absolute Gasteiger partial charge is 0.393 e. The highest BCUT2D eigenvalue weighted by molar-refractivity contribution is 5.22. The van der Waals surface area contributed by atoms with E-state index in [1.54, 1.807) is 13.0 Å². The van der Waals surface area contributed by atoms with Gasteiger partial charge in [-0.25, -0.2) is 8.78 Å². The van der Waals surface area contributed by atoms with Crippen LogP contribution in [0.25, 0.3) is 0 Å². The fourth-order valence-electron chi connectivity index (χ4n) is 2.02. The smallest absolute Gasteiger partial charge is 0.163 e. The third-order valence-electron chi connectivity index (χ3n) is 3.05. The van der Waals surface area contributed by atoms with Crippen molar-refractivity contribution >= 4 is 0 Å². The Hall–Kier alpha value is -1.00. The van der Waals surface area contributed by atoms with E-state index in [0.717, 1.165) is 6.07 Å². The quantitative estimate of drug-likeness (QED) is 0.829. The number of hydrogen-bond acceptors (Lipinski definition) is 2. The Labute approximate surface area is 93.3 Å². The van der Waals surface area contributed by atoms with Crippen LogP contribution in [0, 0.1) is 11.6 Å². The molecule has 1 unspecified atom stereocenters. The maximum atomic E-state index is 13.4. The lowest BCUT2D eigenvalue weighted by Crippen LogP contribution is -2.45. The van der Waals surface area contributed by atoms with Crippen LogP contribution in [0.3, 0.4) is 0 Å². The minimum atomic E-state index is -0.820. The van der Waals surface area contributed by atoms with Crippen molar-refractivity contribution in [2.45, 2.75) is 38.0 Å². The van der Waals surface area contributed by atoms with Gasteiger partial charge in [0.15, 0.2) is 11.6 Å². The molecule has 0 amide bonds. The number of nitrogens with one attached hydrogen (secondary N) is 1. The highest BCUT2D eigenvalue weighted by atomic mass is 19.2. The third kappa shape index (κ3) is 2.23. The predicted molar refractivity (Wildman–Crippen MR) is 56.9 cm³/mol. The van der Waals surface area contributed by atoms with Gasteiger partial charge in [0.1, 0.15) is 0 Å². The van der Waals surface area contributed by atoms with Gasteiger partial charge in [-0.05, 0) is 25.8 Å². The Morgan fingerprint density at radius 2 is 2.06 bits per heavy atom. The summed E-state index contributed by atoms with van der Waals surface area (Å²) in [5, 5.41) is 12.3. The zero-order valence-corrected chi connectivity index (χ0v) is 9.08. The van der Waals surface area contributed by atoms with Crippen molar-refractivity contribution < 1.29 is 13.9 Å². The van der Waals surface area contributed by atoms with Crippen LogP contribution < -0.4 is 5.32 Å². The van der Waals surface area contributed by atoms with Gasteiger partial charge in [-0.15, -0.1) is 0 Å². The molecule has 0 spiro atoms. The van der Waals surface area contributed by atoms with Gasteiger partial charge in [0.25, 0.3) is 0 Å². The van der Waals surface area contributed by atoms with E-state index in [9.17, 15) is 8.78 Å². The molecule has 1 aliphatic carbocycles. The van der Waals surface area contributed by atoms with Crippen molar-refractivity contribution in [2.24, 2.45) is 0 Å². The monoisotopic (exact) mass is 227 g/mol. The second-order valence-corrected chi connectivity index (χ2v) is 4.35. The average Bonchev–Trinajstić information content (AvgIpc) is 2.19. The van der Waals surface area contributed by atoms with Crippen LogP contribution in [0.2, 0.25) is 0 Å². The Bertz CT molecular complexity index is 377. The fourth-order valence-corrected chi connectivity index (χ4v) is 2.02. The fraction of sp³-hybridized carbons (Fsp3) is 0.500. The highest BCUT2D eigenvalue weighted by Gasteiger charge is 2.28. The zero-order valence-electron chi connectivity index (χ0n) is 9.08. The number of aliphatic hydroxyl groups is 1. The topological polar surface area (TPSA) is 32.3 Å². The highest BCUT2D eigenvalue weighted by Crippen LogP contribution is 2.25. The van der Waals surface area contributed by atoms with Crippen LogP contribution in [0.4, 0.5) is 8.78 Å². The third-order valence-corrected chi connectivity index (χ3v) is 3.05. The van der Waals surface area contributed by atoms with Crippen molar-refractivity contribution in [1.29, 1.82) is 0 Å². The summed E-state index contributed by atoms with van der Waals surface area (Å²) in [6.45, 7) is 1.79. The van der Waals surface area contributed by atoms with E-state index >= 15 is 0 Å². The van der Waals surface area contributed by atoms with Crippen LogP contribution in [0.1, 0.15) is 31.4 Å². The summed E-state index contributed by atoms with van der Waals surface area (Å²) in [6.07, 6.45) is 1.12. The van der Waals surface area contributed by atoms with Gasteiger partial charge in [0.2, 0.25) is 0 Å². The predicted octanol–water partition coefficient (Wildman–Crippen LogP) is 2.14. The maximum absolute atomic E-state index is 13.4. The lowest BCUT2D eigenvalue weighted by molar-refractivity contribution is 0.0584. The second kappa shape index (κ2) is 4.47. The van der Waals surface area contributed by atoms with Crippen molar-refractivity contribution in [1.82, 2.24) is 5.32 Å². The molecule has 1 atom stereocenters. The molecule has 2 rings (SSSR count). The molecule has 0 radical (unpaired) electrons. The molecule has 0 heterocycles. The lowest BCUT2D eigenvalue weighted by atomic mass is 9.88. The Balaban J connectivity index is 2.03. The Morgan fingerprint density at radius 1 is 1.38 bits per heavy atom. The molecule has 1 fully saturated rings. The molecular formula is C12H15F2NO. The summed E-state index contributed by atoms with van der Waals surface area (Å²) >= 11 is 0. The molecule has 1 aromatic carbocycles. The van der Waals surface area contributed by atoms with Gasteiger partial charge in [0, 0.05) is 17.6 Å². The van der Waals surface area contributed by atoms with E-state index in [0.29, 0.717) is 18.4 Å². The van der Waals surface area contributed by atoms with Gasteiger partial charge < -0.3 is 10.4 Å². The minimum absolute atomic E-state index is 0.202. The summed E-state index contributed by atoms with van der Waals surface area (Å²) in [4.78, 5) is 0. The summed E-state index contributed by atoms with van der Waals surface area (Å²) in [5.41, 5.74) is 0.335. The van der Waals surface area contributed by atoms with E-state index < -0.39 is 11.6 Å². The summed E-state index contributed by atoms with van der Waals surface area (Å²) < 4.78 is 26.4. The Morgan fingerprint density at radius 3 is 2.69 bits per heavy atom. The van der Waals surface area contributed by atoms with Crippen LogP contribution in [0.15, 0.2) is 18.2 Å². The van der Waals surface area contributed by atoms with Crippen LogP contribution >= 0.6 is 0 Å². The van der Waals surface area contributed by atoms with Crippen molar-refractivity contribution in [3.8, 4) is 0 Å². The molecule has 16 heavy (non-hydrogen) atoms. The summed E-state index contributed by atoms with van der Waals surface area (Å²) in [5.74, 6) is -1.61. The molecule has 1 aromatic rings. The summed E-state index contributed by atoms with van der Waals surface area (Å²) in [7, 11) is 0. The number of benzene rings is 1. The van der Waals surface area contributed by atoms with E-state index in [4.69, 9.17) is 5.11 Å². The van der Waals surface area contributed by atoms with Gasteiger partial charge in [-0.1, -0.05) is 12.1 Å². The van der Waals surface area contributed by atoms with E-state index in [2.05, 4.69) is 5.32 Å². The van der Waals surface area contributed by atoms with E-state index in [-0.39, 0.29) is 18.2 Å². The lowest BCUT2D eigenvalue weighted by Gasteiger charge is -2.34.